The van der Waals surface area contributed by atoms with Gasteiger partial charge in [0.25, 0.3) is 5.58 Å². The average Bonchev–Trinajstić information content (AvgIpc) is 3.13. The highest BCUT2D eigenvalue weighted by Crippen LogP contribution is 2.43. The molecule has 5 rings (SSSR count). The third kappa shape index (κ3) is 3.49. The number of furan rings is 1. The summed E-state index contributed by atoms with van der Waals surface area (Å²) in [5.74, 6) is 1.48. The first-order valence-corrected chi connectivity index (χ1v) is 11.9. The van der Waals surface area contributed by atoms with E-state index >= 15 is 0 Å². The molecular weight excluding hydrogens is 402 g/mol. The molecule has 2 heteroatoms. The quantitative estimate of drug-likeness (QED) is 0.181. The van der Waals surface area contributed by atoms with E-state index in [0.717, 1.165) is 29.4 Å². The van der Waals surface area contributed by atoms with E-state index in [1.807, 2.05) is 4.58 Å². The zero-order chi connectivity index (χ0) is 23.5. The summed E-state index contributed by atoms with van der Waals surface area (Å²) in [5.41, 5.74) is 7.21. The lowest BCUT2D eigenvalue weighted by molar-refractivity contribution is -0.420. The highest BCUT2D eigenvalue weighted by molar-refractivity contribution is 5.94. The van der Waals surface area contributed by atoms with Crippen LogP contribution in [0.5, 0.6) is 0 Å². The normalized spacial score (nSPS) is 14.0. The van der Waals surface area contributed by atoms with Gasteiger partial charge in [-0.15, -0.1) is 18.2 Å². The van der Waals surface area contributed by atoms with Gasteiger partial charge in [-0.2, -0.15) is 0 Å². The molecule has 1 aliphatic heterocycles. The minimum absolute atomic E-state index is 0.0141. The number of fused-ring (bicyclic) bond motifs is 4. The highest BCUT2D eigenvalue weighted by atomic mass is 16.3. The number of rotatable bonds is 3. The first-order valence-electron chi connectivity index (χ1n) is 11.9. The van der Waals surface area contributed by atoms with Crippen LogP contribution in [0, 0.1) is 18.9 Å². The molecule has 0 spiro atoms. The molecule has 0 amide bonds. The summed E-state index contributed by atoms with van der Waals surface area (Å²) in [6.07, 6.45) is 5.20. The van der Waals surface area contributed by atoms with E-state index < -0.39 is 0 Å². The molecule has 3 aromatic carbocycles. The largest absolute Gasteiger partial charge is 0.318 e. The summed E-state index contributed by atoms with van der Waals surface area (Å²) in [5, 5.41) is 3.78. The fourth-order valence-electron chi connectivity index (χ4n) is 5.17. The first-order chi connectivity index (χ1) is 15.7. The van der Waals surface area contributed by atoms with Gasteiger partial charge in [0.15, 0.2) is 0 Å². The topological polar surface area (TPSA) is 14.3 Å². The number of nitrogens with zero attached hydrogens (tertiary/aromatic N) is 1. The Morgan fingerprint density at radius 2 is 1.76 bits per heavy atom. The maximum Gasteiger partial charge on any atom is 0.318 e. The van der Waals surface area contributed by atoms with Gasteiger partial charge in [-0.1, -0.05) is 83.0 Å². The van der Waals surface area contributed by atoms with Crippen molar-refractivity contribution >= 4 is 34.5 Å². The Kier molecular flexibility index (Phi) is 5.01. The molecule has 168 valence electrons. The van der Waals surface area contributed by atoms with E-state index in [9.17, 15) is 0 Å². The molecule has 0 aliphatic carbocycles. The molecular formula is C31H33NO. The van der Waals surface area contributed by atoms with E-state index in [1.54, 1.807) is 0 Å². The van der Waals surface area contributed by atoms with Crippen molar-refractivity contribution < 1.29 is 8.99 Å². The standard InChI is InChI=1S/C31H33NO/c1-19(2)17-21-11-10-14-24-25-15-16-32(7)28(30(25)33-29(21)24)26-18-27(31(4,5)6)23-13-9-8-12-22(23)20(26)3/h8-16,18-19H,7,17H2,1-6H3. The molecule has 0 saturated heterocycles. The zero-order valence-electron chi connectivity index (χ0n) is 20.6. The van der Waals surface area contributed by atoms with Crippen LogP contribution in [0.1, 0.15) is 68.2 Å². The Labute approximate surface area is 197 Å². The van der Waals surface area contributed by atoms with Crippen LogP contribution in [0.3, 0.4) is 0 Å². The summed E-state index contributed by atoms with van der Waals surface area (Å²) < 4.78 is 8.65. The predicted octanol–water partition coefficient (Wildman–Crippen LogP) is 8.02. The zero-order valence-corrected chi connectivity index (χ0v) is 20.6. The van der Waals surface area contributed by atoms with Crippen LogP contribution >= 0.6 is 0 Å². The maximum absolute atomic E-state index is 6.68. The van der Waals surface area contributed by atoms with Crippen LogP contribution < -0.4 is 0 Å². The van der Waals surface area contributed by atoms with Gasteiger partial charge >= 0.3 is 5.76 Å². The van der Waals surface area contributed by atoms with Crippen molar-refractivity contribution in [2.45, 2.75) is 53.4 Å². The third-order valence-corrected chi connectivity index (χ3v) is 6.76. The molecule has 2 nitrogen and oxygen atoms in total. The van der Waals surface area contributed by atoms with Gasteiger partial charge in [0.05, 0.1) is 6.72 Å². The Morgan fingerprint density at radius 3 is 2.45 bits per heavy atom. The van der Waals surface area contributed by atoms with E-state index in [-0.39, 0.29) is 5.41 Å². The summed E-state index contributed by atoms with van der Waals surface area (Å²) in [7, 11) is 0. The summed E-state index contributed by atoms with van der Waals surface area (Å²) in [6.45, 7) is 17.9. The number of hydrogen-bond donors (Lipinski definition) is 0. The van der Waals surface area contributed by atoms with E-state index in [4.69, 9.17) is 4.42 Å². The van der Waals surface area contributed by atoms with Crippen molar-refractivity contribution in [3.63, 3.8) is 0 Å². The van der Waals surface area contributed by atoms with Gasteiger partial charge < -0.3 is 0 Å². The van der Waals surface area contributed by atoms with E-state index in [0.29, 0.717) is 5.92 Å². The molecule has 1 aromatic heterocycles. The lowest BCUT2D eigenvalue weighted by atomic mass is 9.79. The van der Waals surface area contributed by atoms with Gasteiger partial charge in [0, 0.05) is 5.56 Å². The van der Waals surface area contributed by atoms with Gasteiger partial charge in [-0.25, -0.2) is 0 Å². The van der Waals surface area contributed by atoms with E-state index in [2.05, 4.69) is 109 Å². The van der Waals surface area contributed by atoms with Crippen LogP contribution in [0.2, 0.25) is 0 Å². The molecule has 0 bridgehead atoms. The lowest BCUT2D eigenvalue weighted by Gasteiger charge is -2.28. The van der Waals surface area contributed by atoms with Crippen molar-refractivity contribution in [1.29, 1.82) is 0 Å². The van der Waals surface area contributed by atoms with Crippen LogP contribution in [0.4, 0.5) is 0 Å². The Hall–Kier alpha value is -3.26. The van der Waals surface area contributed by atoms with Gasteiger partial charge in [0.2, 0.25) is 6.04 Å². The first kappa shape index (κ1) is 21.6. The molecule has 0 N–H and O–H groups in total. The van der Waals surface area contributed by atoms with Crippen molar-refractivity contribution in [2.75, 3.05) is 0 Å². The van der Waals surface area contributed by atoms with Crippen molar-refractivity contribution in [1.82, 2.24) is 0 Å². The molecule has 0 atom stereocenters. The Morgan fingerprint density at radius 1 is 1.03 bits per heavy atom. The smallest absolute Gasteiger partial charge is 0.284 e. The van der Waals surface area contributed by atoms with Crippen molar-refractivity contribution in [3.8, 4) is 0 Å². The van der Waals surface area contributed by atoms with Crippen molar-refractivity contribution in [3.05, 3.63) is 94.4 Å². The molecule has 0 fully saturated rings. The molecule has 0 radical (unpaired) electrons. The second-order valence-corrected chi connectivity index (χ2v) is 10.8. The summed E-state index contributed by atoms with van der Waals surface area (Å²) >= 11 is 0. The second kappa shape index (κ2) is 7.66. The van der Waals surface area contributed by atoms with Crippen LogP contribution in [-0.4, -0.2) is 11.3 Å². The fraction of sp³-hybridized carbons (Fsp3) is 0.290. The van der Waals surface area contributed by atoms with Crippen LogP contribution in [0.15, 0.2) is 59.1 Å². The number of para-hydroxylation sites is 1. The SMILES string of the molecule is C=[N+]1C=Cc2c([o+][c-]3c(CC(C)C)cccc23)[C-]1c1cc(C(C)(C)C)c2ccccc2c1C. The molecule has 2 heterocycles. The van der Waals surface area contributed by atoms with Crippen LogP contribution in [0.25, 0.3) is 27.8 Å². The molecule has 0 unspecified atom stereocenters. The second-order valence-electron chi connectivity index (χ2n) is 10.8. The monoisotopic (exact) mass is 435 g/mol. The molecule has 1 aliphatic rings. The molecule has 33 heavy (non-hydrogen) atoms. The lowest BCUT2D eigenvalue weighted by Crippen LogP contribution is -2.21. The number of aryl methyl sites for hydroxylation is 1. The fourth-order valence-corrected chi connectivity index (χ4v) is 5.17. The van der Waals surface area contributed by atoms with Crippen LogP contribution in [-0.2, 0) is 11.8 Å². The van der Waals surface area contributed by atoms with E-state index in [1.165, 1.54) is 38.4 Å². The minimum Gasteiger partial charge on any atom is -0.284 e. The summed E-state index contributed by atoms with van der Waals surface area (Å²) in [6, 6.07) is 18.7. The van der Waals surface area contributed by atoms with Crippen molar-refractivity contribution in [2.24, 2.45) is 5.92 Å². The molecule has 0 saturated carbocycles. The highest BCUT2D eigenvalue weighted by Gasteiger charge is 2.36. The van der Waals surface area contributed by atoms with Gasteiger partial charge in [-0.3, -0.25) is 8.99 Å². The maximum atomic E-state index is 6.68. The average molecular weight is 436 g/mol. The molecule has 4 aromatic rings. The number of hydrogen-bond acceptors (Lipinski definition) is 0. The Bertz CT molecular complexity index is 1430. The third-order valence-electron chi connectivity index (χ3n) is 6.76. The predicted molar refractivity (Wildman–Crippen MR) is 140 cm³/mol. The number of benzene rings is 3. The van der Waals surface area contributed by atoms with Gasteiger partial charge in [0.1, 0.15) is 6.20 Å². The van der Waals surface area contributed by atoms with Gasteiger partial charge in [-0.05, 0) is 51.1 Å². The Balaban J connectivity index is 1.79. The summed E-state index contributed by atoms with van der Waals surface area (Å²) in [4.78, 5) is 0. The minimum atomic E-state index is 0.0141.